The molecule has 2 heterocycles. The molecule has 0 atom stereocenters. The Bertz CT molecular complexity index is 1180. The van der Waals surface area contributed by atoms with E-state index in [-0.39, 0.29) is 16.6 Å². The molecule has 152 valence electrons. The van der Waals surface area contributed by atoms with E-state index in [0.29, 0.717) is 35.3 Å². The van der Waals surface area contributed by atoms with E-state index in [0.717, 1.165) is 23.7 Å². The maximum absolute atomic E-state index is 13.0. The summed E-state index contributed by atoms with van der Waals surface area (Å²) in [7, 11) is -3.55. The summed E-state index contributed by atoms with van der Waals surface area (Å²) in [5.74, 6) is -0.214. The quantitative estimate of drug-likeness (QED) is 0.578. The Hall–Kier alpha value is -2.16. The van der Waals surface area contributed by atoms with Crippen LogP contribution in [0.15, 0.2) is 56.2 Å². The summed E-state index contributed by atoms with van der Waals surface area (Å²) in [5.41, 5.74) is 1.73. The minimum atomic E-state index is -3.55. The van der Waals surface area contributed by atoms with Gasteiger partial charge >= 0.3 is 0 Å². The lowest BCUT2D eigenvalue weighted by atomic mass is 10.1. The number of fused-ring (bicyclic) bond motifs is 1. The van der Waals surface area contributed by atoms with Crippen molar-refractivity contribution in [3.63, 3.8) is 0 Å². The average Bonchev–Trinajstić information content (AvgIpc) is 3.06. The largest absolute Gasteiger partial charge is 0.451 e. The van der Waals surface area contributed by atoms with Crippen LogP contribution in [0.3, 0.4) is 0 Å². The van der Waals surface area contributed by atoms with Crippen molar-refractivity contribution >= 4 is 48.5 Å². The third-order valence-corrected chi connectivity index (χ3v) is 7.77. The smallest absolute Gasteiger partial charge is 0.291 e. The number of benzene rings is 2. The van der Waals surface area contributed by atoms with E-state index < -0.39 is 10.0 Å². The van der Waals surface area contributed by atoms with Gasteiger partial charge in [-0.2, -0.15) is 4.31 Å². The Balaban J connectivity index is 1.67. The van der Waals surface area contributed by atoms with Crippen LogP contribution in [0.2, 0.25) is 0 Å². The lowest BCUT2D eigenvalue weighted by Crippen LogP contribution is -2.35. The average molecular weight is 477 g/mol. The van der Waals surface area contributed by atoms with Crippen molar-refractivity contribution < 1.29 is 17.6 Å². The van der Waals surface area contributed by atoms with Crippen LogP contribution in [0.4, 0.5) is 5.69 Å². The van der Waals surface area contributed by atoms with Crippen LogP contribution in [0, 0.1) is 6.92 Å². The number of anilines is 1. The normalized spacial score (nSPS) is 15.5. The van der Waals surface area contributed by atoms with Crippen molar-refractivity contribution in [2.75, 3.05) is 18.4 Å². The van der Waals surface area contributed by atoms with Gasteiger partial charge in [-0.15, -0.1) is 0 Å². The minimum absolute atomic E-state index is 0.170. The standard InChI is InChI=1S/C21H21BrN2O4S/c1-14-16-13-15(29(26,27)24-11-5-2-6-12-24)9-10-19(16)28-20(14)21(25)23-18-8-4-3-7-17(18)22/h3-4,7-10,13H,2,5-6,11-12H2,1H3,(H,23,25). The molecule has 8 heteroatoms. The second-order valence-electron chi connectivity index (χ2n) is 7.11. The Labute approximate surface area is 178 Å². The van der Waals surface area contributed by atoms with E-state index in [4.69, 9.17) is 4.42 Å². The Morgan fingerprint density at radius 1 is 1.10 bits per heavy atom. The van der Waals surface area contributed by atoms with Gasteiger partial charge in [-0.1, -0.05) is 18.6 Å². The van der Waals surface area contributed by atoms with Crippen LogP contribution in [-0.2, 0) is 10.0 Å². The molecule has 1 aromatic heterocycles. The summed E-state index contributed by atoms with van der Waals surface area (Å²) in [5, 5.41) is 3.44. The molecule has 1 amide bonds. The highest BCUT2D eigenvalue weighted by Gasteiger charge is 2.27. The van der Waals surface area contributed by atoms with Crippen molar-refractivity contribution in [2.45, 2.75) is 31.1 Å². The molecule has 0 spiro atoms. The molecule has 0 unspecified atom stereocenters. The number of furan rings is 1. The molecule has 2 aromatic carbocycles. The zero-order valence-electron chi connectivity index (χ0n) is 15.9. The summed E-state index contributed by atoms with van der Waals surface area (Å²) < 4.78 is 34.0. The summed E-state index contributed by atoms with van der Waals surface area (Å²) in [6.07, 6.45) is 2.82. The molecule has 1 saturated heterocycles. The molecule has 1 aliphatic rings. The molecule has 3 aromatic rings. The first-order valence-electron chi connectivity index (χ1n) is 9.47. The number of hydrogen-bond acceptors (Lipinski definition) is 4. The second-order valence-corrected chi connectivity index (χ2v) is 9.91. The lowest BCUT2D eigenvalue weighted by Gasteiger charge is -2.25. The van der Waals surface area contributed by atoms with Gasteiger partial charge in [0, 0.05) is 28.5 Å². The van der Waals surface area contributed by atoms with Gasteiger partial charge in [-0.05, 0) is 66.0 Å². The predicted molar refractivity (Wildman–Crippen MR) is 116 cm³/mol. The van der Waals surface area contributed by atoms with Gasteiger partial charge < -0.3 is 9.73 Å². The predicted octanol–water partition coefficient (Wildman–Crippen LogP) is 4.93. The number of halogens is 1. The molecule has 0 aliphatic carbocycles. The van der Waals surface area contributed by atoms with Crippen LogP contribution in [-0.4, -0.2) is 31.7 Å². The Morgan fingerprint density at radius 2 is 1.83 bits per heavy atom. The first kappa shape index (κ1) is 20.1. The van der Waals surface area contributed by atoms with Crippen LogP contribution in [0.25, 0.3) is 11.0 Å². The van der Waals surface area contributed by atoms with E-state index in [1.54, 1.807) is 31.2 Å². The molecule has 29 heavy (non-hydrogen) atoms. The SMILES string of the molecule is Cc1c(C(=O)Nc2ccccc2Br)oc2ccc(S(=O)(=O)N3CCCCC3)cc12. The summed E-state index contributed by atoms with van der Waals surface area (Å²) in [4.78, 5) is 13.0. The van der Waals surface area contributed by atoms with Gasteiger partial charge in [-0.25, -0.2) is 8.42 Å². The van der Waals surface area contributed by atoms with Crippen LogP contribution >= 0.6 is 15.9 Å². The second kappa shape index (κ2) is 7.93. The molecule has 0 saturated carbocycles. The lowest BCUT2D eigenvalue weighted by molar-refractivity contribution is 0.0998. The third kappa shape index (κ3) is 3.84. The number of nitrogens with zero attached hydrogens (tertiary/aromatic N) is 1. The molecular formula is C21H21BrN2O4S. The highest BCUT2D eigenvalue weighted by atomic mass is 79.9. The number of amides is 1. The summed E-state index contributed by atoms with van der Waals surface area (Å²) in [6.45, 7) is 2.85. The van der Waals surface area contributed by atoms with Gasteiger partial charge in [0.1, 0.15) is 5.58 Å². The number of aryl methyl sites for hydroxylation is 1. The first-order valence-corrected chi connectivity index (χ1v) is 11.7. The summed E-state index contributed by atoms with van der Waals surface area (Å²) in [6, 6.07) is 12.1. The van der Waals surface area contributed by atoms with Crippen molar-refractivity contribution in [3.8, 4) is 0 Å². The number of para-hydroxylation sites is 1. The fourth-order valence-electron chi connectivity index (χ4n) is 3.57. The maximum Gasteiger partial charge on any atom is 0.291 e. The molecule has 4 rings (SSSR count). The summed E-state index contributed by atoms with van der Waals surface area (Å²) >= 11 is 3.40. The number of piperidine rings is 1. The van der Waals surface area contributed by atoms with E-state index in [1.807, 2.05) is 18.2 Å². The van der Waals surface area contributed by atoms with Crippen molar-refractivity contribution in [3.05, 3.63) is 58.3 Å². The van der Waals surface area contributed by atoms with Gasteiger partial charge in [-0.3, -0.25) is 4.79 Å². The number of carbonyl (C=O) groups is 1. The van der Waals surface area contributed by atoms with Gasteiger partial charge in [0.15, 0.2) is 5.76 Å². The monoisotopic (exact) mass is 476 g/mol. The van der Waals surface area contributed by atoms with E-state index in [1.165, 1.54) is 4.31 Å². The topological polar surface area (TPSA) is 79.6 Å². The van der Waals surface area contributed by atoms with Crippen LogP contribution < -0.4 is 5.32 Å². The zero-order chi connectivity index (χ0) is 20.6. The number of hydrogen-bond donors (Lipinski definition) is 1. The highest BCUT2D eigenvalue weighted by molar-refractivity contribution is 9.10. The minimum Gasteiger partial charge on any atom is -0.451 e. The molecule has 0 bridgehead atoms. The van der Waals surface area contributed by atoms with Crippen molar-refractivity contribution in [2.24, 2.45) is 0 Å². The number of rotatable bonds is 4. The van der Waals surface area contributed by atoms with Crippen molar-refractivity contribution in [1.29, 1.82) is 0 Å². The zero-order valence-corrected chi connectivity index (χ0v) is 18.3. The maximum atomic E-state index is 13.0. The fourth-order valence-corrected chi connectivity index (χ4v) is 5.50. The number of nitrogens with one attached hydrogen (secondary N) is 1. The van der Waals surface area contributed by atoms with Gasteiger partial charge in [0.2, 0.25) is 10.0 Å². The Kier molecular flexibility index (Phi) is 5.50. The third-order valence-electron chi connectivity index (χ3n) is 5.19. The molecule has 1 aliphatic heterocycles. The van der Waals surface area contributed by atoms with E-state index in [9.17, 15) is 13.2 Å². The highest BCUT2D eigenvalue weighted by Crippen LogP contribution is 2.31. The van der Waals surface area contributed by atoms with Gasteiger partial charge in [0.05, 0.1) is 10.6 Å². The van der Waals surface area contributed by atoms with Gasteiger partial charge in [0.25, 0.3) is 5.91 Å². The molecule has 1 N–H and O–H groups in total. The first-order chi connectivity index (χ1) is 13.9. The van der Waals surface area contributed by atoms with E-state index >= 15 is 0 Å². The fraction of sp³-hybridized carbons (Fsp3) is 0.286. The van der Waals surface area contributed by atoms with E-state index in [2.05, 4.69) is 21.2 Å². The molecular weight excluding hydrogens is 456 g/mol. The molecule has 6 nitrogen and oxygen atoms in total. The molecule has 1 fully saturated rings. The van der Waals surface area contributed by atoms with Crippen molar-refractivity contribution in [1.82, 2.24) is 4.31 Å². The van der Waals surface area contributed by atoms with Crippen LogP contribution in [0.5, 0.6) is 0 Å². The number of carbonyl (C=O) groups excluding carboxylic acids is 1. The Morgan fingerprint density at radius 3 is 2.55 bits per heavy atom. The number of sulfonamides is 1. The van der Waals surface area contributed by atoms with Crippen LogP contribution in [0.1, 0.15) is 35.4 Å². The molecule has 0 radical (unpaired) electrons.